The first kappa shape index (κ1) is 7.60. The van der Waals surface area contributed by atoms with Gasteiger partial charge >= 0.3 is 0 Å². The third-order valence-electron chi connectivity index (χ3n) is 2.40. The normalized spacial score (nSPS) is 12.4. The van der Waals surface area contributed by atoms with Gasteiger partial charge in [0.15, 0.2) is 5.78 Å². The van der Waals surface area contributed by atoms with E-state index >= 15 is 0 Å². The summed E-state index contributed by atoms with van der Waals surface area (Å²) in [5.41, 5.74) is 0.0716. The van der Waals surface area contributed by atoms with E-state index in [2.05, 4.69) is 20.4 Å². The van der Waals surface area contributed by atoms with Crippen LogP contribution in [0.25, 0.3) is 0 Å². The first-order valence-electron chi connectivity index (χ1n) is 6.63. The lowest BCUT2D eigenvalue weighted by molar-refractivity contribution is 0.103. The number of phenolic OH excluding ortho intramolecular Hbond substituents is 4. The highest BCUT2D eigenvalue weighted by Gasteiger charge is 2.17. The molecule has 0 heterocycles. The molecule has 0 saturated heterocycles. The molecule has 0 aliphatic rings. The van der Waals surface area contributed by atoms with Gasteiger partial charge in [-0.05, 0) is 24.3 Å². The van der Waals surface area contributed by atoms with E-state index in [0.29, 0.717) is 0 Å². The molecule has 0 bridgehead atoms. The van der Waals surface area contributed by atoms with E-state index in [9.17, 15) is 4.79 Å². The molecule has 0 aliphatic carbocycles. The fourth-order valence-corrected chi connectivity index (χ4v) is 1.53. The van der Waals surface area contributed by atoms with Gasteiger partial charge in [0.05, 0.1) is 11.1 Å². The molecule has 0 aliphatic heterocycles. The molecular formula is C13H10O5. The van der Waals surface area contributed by atoms with E-state index in [4.69, 9.17) is 5.72 Å². The van der Waals surface area contributed by atoms with Crippen molar-refractivity contribution in [3.63, 3.8) is 0 Å². The van der Waals surface area contributed by atoms with Gasteiger partial charge in [0, 0.05) is 12.1 Å². The number of hydrogen-bond donors (Lipinski definition) is 4. The molecule has 5 nitrogen and oxygen atoms in total. The first-order chi connectivity index (χ1) is 10.6. The Morgan fingerprint density at radius 3 is 1.72 bits per heavy atom. The Bertz CT molecular complexity index is 635. The van der Waals surface area contributed by atoms with Crippen molar-refractivity contribution in [2.75, 3.05) is 0 Å². The number of ketones is 1. The number of rotatable bonds is 6. The van der Waals surface area contributed by atoms with Crippen LogP contribution in [-0.4, -0.2) is 31.9 Å². The van der Waals surface area contributed by atoms with Crippen LogP contribution in [0.3, 0.4) is 0 Å². The standard InChI is InChI=1S/C13H10O5/c14-7-1-3-9(11(16)5-7)13(18)10-4-2-8(15)6-12(10)17/h1-6,14-17H/i/hD4. The summed E-state index contributed by atoms with van der Waals surface area (Å²) in [5, 5.41) is 17.3. The van der Waals surface area contributed by atoms with E-state index in [-0.39, 0.29) is 34.1 Å². The molecule has 4 N–H and O–H groups in total. The summed E-state index contributed by atoms with van der Waals surface area (Å²) in [6, 6.07) is 7.83. The van der Waals surface area contributed by atoms with Crippen LogP contribution in [0.4, 0.5) is 0 Å². The van der Waals surface area contributed by atoms with E-state index < -0.39 is 5.78 Å². The summed E-state index contributed by atoms with van der Waals surface area (Å²) < 4.78 is 27.6. The molecule has 0 radical (unpaired) electrons. The highest BCUT2D eigenvalue weighted by atomic mass is 16.3. The Labute approximate surface area is 108 Å². The molecule has 0 fully saturated rings. The quantitative estimate of drug-likeness (QED) is 0.585. The minimum atomic E-state index is -0.558. The highest BCUT2D eigenvalue weighted by Crippen LogP contribution is 2.29. The Morgan fingerprint density at radius 1 is 0.833 bits per heavy atom. The van der Waals surface area contributed by atoms with Gasteiger partial charge in [0.2, 0.25) is 0 Å². The Balaban J connectivity index is 2.48. The van der Waals surface area contributed by atoms with Gasteiger partial charge in [0.1, 0.15) is 23.0 Å². The fourth-order valence-electron chi connectivity index (χ4n) is 1.53. The molecule has 2 rings (SSSR count). The third kappa shape index (κ3) is 2.06. The lowest BCUT2D eigenvalue weighted by Gasteiger charge is -2.06. The largest absolute Gasteiger partial charge is 0.508 e. The Morgan fingerprint density at radius 2 is 1.33 bits per heavy atom. The molecule has 2 aromatic carbocycles. The Hall–Kier alpha value is -2.69. The number of phenols is 4. The predicted molar refractivity (Wildman–Crippen MR) is 63.0 cm³/mol. The third-order valence-corrected chi connectivity index (χ3v) is 2.40. The van der Waals surface area contributed by atoms with Crippen LogP contribution in [0, 0.1) is 0 Å². The van der Waals surface area contributed by atoms with Gasteiger partial charge in [-0.15, -0.1) is 0 Å². The van der Waals surface area contributed by atoms with Crippen molar-refractivity contribution in [3.8, 4) is 23.0 Å². The van der Waals surface area contributed by atoms with Crippen molar-refractivity contribution in [1.82, 2.24) is 0 Å². The summed E-state index contributed by atoms with van der Waals surface area (Å²) >= 11 is 0. The molecule has 0 atom stereocenters. The van der Waals surface area contributed by atoms with E-state index in [1.54, 1.807) is 0 Å². The van der Waals surface area contributed by atoms with Crippen LogP contribution < -0.4 is 0 Å². The molecule has 0 aromatic heterocycles. The number of carbonyl (C=O) groups is 1. The number of hydrogen-bond acceptors (Lipinski definition) is 5. The molecule has 0 amide bonds. The molecule has 92 valence electrons. The molecule has 0 saturated carbocycles. The SMILES string of the molecule is [2H]Oc1ccc(C(=O)c2ccc(O[2H])cc2O[2H])c(O[2H])c1. The zero-order chi connectivity index (χ0) is 16.1. The second-order valence-electron chi connectivity index (χ2n) is 3.65. The van der Waals surface area contributed by atoms with E-state index in [0.717, 1.165) is 0 Å². The molecule has 0 spiro atoms. The zero-order valence-corrected chi connectivity index (χ0v) is 9.01. The predicted octanol–water partition coefficient (Wildman–Crippen LogP) is 1.74. The number of carbonyl (C=O) groups excluding carboxylic acids is 1. The van der Waals surface area contributed by atoms with Gasteiger partial charge in [-0.1, -0.05) is 0 Å². The van der Waals surface area contributed by atoms with E-state index in [1.807, 2.05) is 0 Å². The summed E-state index contributed by atoms with van der Waals surface area (Å²) in [5.74, 6) is -0.557. The van der Waals surface area contributed by atoms with Crippen molar-refractivity contribution < 1.29 is 25.2 Å². The summed E-state index contributed by atoms with van der Waals surface area (Å²) in [6.45, 7) is 0. The van der Waals surface area contributed by atoms with Crippen molar-refractivity contribution in [3.05, 3.63) is 47.5 Å². The number of benzene rings is 2. The average molecular weight is 250 g/mol. The van der Waals surface area contributed by atoms with Crippen LogP contribution in [-0.2, 0) is 0 Å². The minimum absolute atomic E-state index is 0.0358. The van der Waals surface area contributed by atoms with Crippen LogP contribution >= 0.6 is 0 Å². The van der Waals surface area contributed by atoms with Crippen molar-refractivity contribution in [2.45, 2.75) is 0 Å². The van der Waals surface area contributed by atoms with Gasteiger partial charge in [-0.25, -0.2) is 0 Å². The maximum atomic E-state index is 12.5. The van der Waals surface area contributed by atoms with Gasteiger partial charge in [-0.3, -0.25) is 4.79 Å². The zero-order valence-electron chi connectivity index (χ0n) is 13.0. The molecule has 2 aromatic rings. The Kier molecular flexibility index (Phi) is 1.81. The molecular weight excluding hydrogens is 236 g/mol. The van der Waals surface area contributed by atoms with Crippen LogP contribution in [0.2, 0.25) is 0 Å². The topological polar surface area (TPSA) is 98.0 Å². The smallest absolute Gasteiger partial charge is 0.293 e. The monoisotopic (exact) mass is 250 g/mol. The second kappa shape index (κ2) is 4.29. The maximum absolute atomic E-state index is 12.5. The van der Waals surface area contributed by atoms with Gasteiger partial charge < -0.3 is 20.4 Å². The summed E-state index contributed by atoms with van der Waals surface area (Å²) in [7, 11) is 0. The van der Waals surface area contributed by atoms with Gasteiger partial charge in [-0.2, -0.15) is 0 Å². The molecule has 5 heteroatoms. The maximum Gasteiger partial charge on any atom is 0.293 e. The van der Waals surface area contributed by atoms with Gasteiger partial charge in [0.25, 0.3) is 5.72 Å². The van der Waals surface area contributed by atoms with Crippen molar-refractivity contribution >= 4 is 5.78 Å². The fraction of sp³-hybridized carbons (Fsp3) is 0. The molecule has 18 heavy (non-hydrogen) atoms. The first-order valence-corrected chi connectivity index (χ1v) is 5.00. The van der Waals surface area contributed by atoms with E-state index in [1.165, 1.54) is 36.4 Å². The van der Waals surface area contributed by atoms with Crippen molar-refractivity contribution in [1.29, 1.82) is 5.72 Å². The lowest BCUT2D eigenvalue weighted by Crippen LogP contribution is -2.01. The van der Waals surface area contributed by atoms with Crippen LogP contribution in [0.5, 0.6) is 23.0 Å². The minimum Gasteiger partial charge on any atom is -0.508 e. The second-order valence-corrected chi connectivity index (χ2v) is 3.65. The highest BCUT2D eigenvalue weighted by molar-refractivity contribution is 6.12. The van der Waals surface area contributed by atoms with Crippen LogP contribution in [0.15, 0.2) is 36.4 Å². The summed E-state index contributed by atoms with van der Waals surface area (Å²) in [4.78, 5) is 12.5. The van der Waals surface area contributed by atoms with Crippen molar-refractivity contribution in [2.24, 2.45) is 0 Å². The number of aromatic hydroxyl groups is 4. The lowest BCUT2D eigenvalue weighted by atomic mass is 10.0. The van der Waals surface area contributed by atoms with Crippen LogP contribution in [0.1, 0.15) is 15.9 Å². The molecule has 0 unspecified atom stereocenters. The summed E-state index contributed by atoms with van der Waals surface area (Å²) in [6.07, 6.45) is 0. The average Bonchev–Trinajstić information content (AvgIpc) is 2.59.